The number of benzene rings is 1. The van der Waals surface area contributed by atoms with Gasteiger partial charge in [0.1, 0.15) is 12.1 Å². The van der Waals surface area contributed by atoms with Crippen LogP contribution in [0.25, 0.3) is 5.82 Å². The van der Waals surface area contributed by atoms with Crippen LogP contribution in [-0.2, 0) is 14.6 Å². The predicted molar refractivity (Wildman–Crippen MR) is 128 cm³/mol. The van der Waals surface area contributed by atoms with Crippen LogP contribution in [0.2, 0.25) is 0 Å². The number of pyridine rings is 1. The van der Waals surface area contributed by atoms with E-state index in [0.717, 1.165) is 28.2 Å². The fourth-order valence-electron chi connectivity index (χ4n) is 4.92. The first-order chi connectivity index (χ1) is 16.9. The molecule has 1 aliphatic heterocycles. The fourth-order valence-corrected chi connectivity index (χ4v) is 5.44. The highest BCUT2D eigenvalue weighted by Gasteiger charge is 2.39. The maximum Gasteiger partial charge on any atom is 0.397 e. The number of fused-ring (bicyclic) bond motifs is 3. The van der Waals surface area contributed by atoms with E-state index < -0.39 is 16.5 Å². The van der Waals surface area contributed by atoms with E-state index in [4.69, 9.17) is 18.6 Å². The average molecular weight is 499 g/mol. The molecule has 184 valence electrons. The van der Waals surface area contributed by atoms with Crippen molar-refractivity contribution in [1.82, 2.24) is 14.5 Å². The Balaban J connectivity index is 1.57. The zero-order valence-corrected chi connectivity index (χ0v) is 20.2. The Kier molecular flexibility index (Phi) is 6.30. The fraction of sp³-hybridized carbons (Fsp3) is 0.375. The van der Waals surface area contributed by atoms with Crippen molar-refractivity contribution in [2.24, 2.45) is 4.99 Å². The van der Waals surface area contributed by atoms with Crippen molar-refractivity contribution < 1.29 is 26.6 Å². The number of hydrogen-bond acceptors (Lipinski definition) is 8. The van der Waals surface area contributed by atoms with Crippen molar-refractivity contribution >= 4 is 16.1 Å². The van der Waals surface area contributed by atoms with Crippen LogP contribution in [0.3, 0.4) is 0 Å². The molecule has 1 aliphatic carbocycles. The van der Waals surface area contributed by atoms with E-state index >= 15 is 0 Å². The van der Waals surface area contributed by atoms with Crippen molar-refractivity contribution in [2.45, 2.75) is 44.2 Å². The van der Waals surface area contributed by atoms with E-state index in [1.165, 1.54) is 0 Å². The number of imidazole rings is 1. The monoisotopic (exact) mass is 498 g/mol. The van der Waals surface area contributed by atoms with Crippen LogP contribution in [0, 0.1) is 0 Å². The minimum atomic E-state index is -4.54. The molecule has 10 nitrogen and oxygen atoms in total. The van der Waals surface area contributed by atoms with Gasteiger partial charge in [-0.2, -0.15) is 8.42 Å². The molecule has 3 aromatic rings. The number of aliphatic imine (C=N–C) groups is 1. The molecule has 2 aliphatic rings. The normalized spacial score (nSPS) is 21.6. The second-order valence-corrected chi connectivity index (χ2v) is 9.56. The van der Waals surface area contributed by atoms with Gasteiger partial charge in [0.15, 0.2) is 11.5 Å². The van der Waals surface area contributed by atoms with E-state index in [1.54, 1.807) is 25.8 Å². The SMILES string of the molecule is CCOc1cc2c(cc1OC)C(c1ccc(-n3ccnc3)nc1)=N[C@@H]1CC[C@@H](OS(=O)(=O)O)C[C@H]21. The number of methoxy groups -OCH3 is 1. The van der Waals surface area contributed by atoms with Crippen LogP contribution >= 0.6 is 0 Å². The Hall–Kier alpha value is -3.28. The van der Waals surface area contributed by atoms with Crippen LogP contribution in [0.1, 0.15) is 48.8 Å². The summed E-state index contributed by atoms with van der Waals surface area (Å²) in [6.07, 6.45) is 7.87. The molecule has 0 saturated heterocycles. The summed E-state index contributed by atoms with van der Waals surface area (Å²) >= 11 is 0. The summed E-state index contributed by atoms with van der Waals surface area (Å²) in [7, 11) is -2.95. The zero-order valence-electron chi connectivity index (χ0n) is 19.4. The Morgan fingerprint density at radius 2 is 2.06 bits per heavy atom. The third-order valence-corrected chi connectivity index (χ3v) is 6.91. The van der Waals surface area contributed by atoms with Gasteiger partial charge in [-0.05, 0) is 56.0 Å². The molecule has 0 spiro atoms. The zero-order chi connectivity index (χ0) is 24.6. The van der Waals surface area contributed by atoms with Crippen LogP contribution < -0.4 is 9.47 Å². The van der Waals surface area contributed by atoms with Crippen LogP contribution in [-0.4, -0.2) is 59.1 Å². The van der Waals surface area contributed by atoms with Gasteiger partial charge < -0.3 is 9.47 Å². The van der Waals surface area contributed by atoms with E-state index in [9.17, 15) is 13.0 Å². The predicted octanol–water partition coefficient (Wildman–Crippen LogP) is 3.35. The van der Waals surface area contributed by atoms with Gasteiger partial charge >= 0.3 is 10.4 Å². The first-order valence-corrected chi connectivity index (χ1v) is 12.8. The van der Waals surface area contributed by atoms with Gasteiger partial charge in [-0.3, -0.25) is 14.1 Å². The van der Waals surface area contributed by atoms with Crippen molar-refractivity contribution in [3.8, 4) is 17.3 Å². The molecule has 0 unspecified atom stereocenters. The maximum absolute atomic E-state index is 11.3. The first kappa shape index (κ1) is 23.5. The molecule has 1 N–H and O–H groups in total. The topological polar surface area (TPSA) is 125 Å². The number of hydrogen-bond donors (Lipinski definition) is 1. The molecular weight excluding hydrogens is 472 g/mol. The Labute approximate surface area is 203 Å². The van der Waals surface area contributed by atoms with Crippen molar-refractivity contribution in [3.05, 3.63) is 65.9 Å². The second kappa shape index (κ2) is 9.40. The molecule has 0 bridgehead atoms. The van der Waals surface area contributed by atoms with Gasteiger partial charge in [0.05, 0.1) is 31.6 Å². The largest absolute Gasteiger partial charge is 0.493 e. The molecule has 35 heavy (non-hydrogen) atoms. The summed E-state index contributed by atoms with van der Waals surface area (Å²) in [6.45, 7) is 2.37. The van der Waals surface area contributed by atoms with Gasteiger partial charge in [0.2, 0.25) is 0 Å². The minimum absolute atomic E-state index is 0.0741. The molecule has 1 fully saturated rings. The lowest BCUT2D eigenvalue weighted by atomic mass is 9.74. The standard InChI is InChI=1S/C24H26N4O6S/c1-3-33-22-11-17-18-10-16(34-35(29,30)31)5-6-20(18)27-24(19(17)12-21(22)32-2)15-4-7-23(26-13-15)28-9-8-25-14-28/h4,7-9,11-14,16,18,20H,3,5-6,10H2,1-2H3,(H,29,30,31)/t16-,18-,20-/m1/s1. The highest BCUT2D eigenvalue weighted by molar-refractivity contribution is 7.80. The first-order valence-electron chi connectivity index (χ1n) is 11.4. The highest BCUT2D eigenvalue weighted by atomic mass is 32.3. The third kappa shape index (κ3) is 4.79. The maximum atomic E-state index is 11.3. The van der Waals surface area contributed by atoms with Crippen LogP contribution in [0.15, 0.2) is 54.2 Å². The van der Waals surface area contributed by atoms with Crippen LogP contribution in [0.4, 0.5) is 0 Å². The van der Waals surface area contributed by atoms with Gasteiger partial charge in [-0.1, -0.05) is 0 Å². The van der Waals surface area contributed by atoms with Gasteiger partial charge in [0.25, 0.3) is 0 Å². The van der Waals surface area contributed by atoms with Crippen molar-refractivity contribution in [3.63, 3.8) is 0 Å². The third-order valence-electron chi connectivity index (χ3n) is 6.40. The summed E-state index contributed by atoms with van der Waals surface area (Å²) in [5.74, 6) is 1.84. The number of rotatable bonds is 7. The van der Waals surface area contributed by atoms with Crippen LogP contribution in [0.5, 0.6) is 11.5 Å². The Morgan fingerprint density at radius 3 is 2.71 bits per heavy atom. The average Bonchev–Trinajstić information content (AvgIpc) is 3.38. The molecule has 5 rings (SSSR count). The van der Waals surface area contributed by atoms with Gasteiger partial charge in [0, 0.05) is 35.6 Å². The van der Waals surface area contributed by atoms with Gasteiger partial charge in [-0.15, -0.1) is 0 Å². The number of aromatic nitrogens is 3. The van der Waals surface area contributed by atoms with E-state index in [-0.39, 0.29) is 12.0 Å². The highest BCUT2D eigenvalue weighted by Crippen LogP contribution is 2.45. The summed E-state index contributed by atoms with van der Waals surface area (Å²) in [4.78, 5) is 13.7. The quantitative estimate of drug-likeness (QED) is 0.492. The van der Waals surface area contributed by atoms with Crippen molar-refractivity contribution in [1.29, 1.82) is 0 Å². The molecule has 3 atom stereocenters. The summed E-state index contributed by atoms with van der Waals surface area (Å²) in [6, 6.07) is 7.67. The number of ether oxygens (including phenoxy) is 2. The van der Waals surface area contributed by atoms with Gasteiger partial charge in [-0.25, -0.2) is 14.2 Å². The van der Waals surface area contributed by atoms with E-state index in [1.807, 2.05) is 42.0 Å². The lowest BCUT2D eigenvalue weighted by Gasteiger charge is -2.38. The summed E-state index contributed by atoms with van der Waals surface area (Å²) < 4.78 is 50.0. The van der Waals surface area contributed by atoms with Crippen molar-refractivity contribution in [2.75, 3.05) is 13.7 Å². The molecule has 3 heterocycles. The Bertz CT molecular complexity index is 1340. The lowest BCUT2D eigenvalue weighted by molar-refractivity contribution is 0.124. The summed E-state index contributed by atoms with van der Waals surface area (Å²) in [5, 5.41) is 0. The lowest BCUT2D eigenvalue weighted by Crippen LogP contribution is -2.36. The molecule has 1 saturated carbocycles. The molecule has 0 amide bonds. The minimum Gasteiger partial charge on any atom is -0.493 e. The number of nitrogens with zero attached hydrogens (tertiary/aromatic N) is 4. The molecule has 1 aromatic carbocycles. The second-order valence-electron chi connectivity index (χ2n) is 8.51. The van der Waals surface area contributed by atoms with E-state index in [0.29, 0.717) is 37.4 Å². The molecule has 2 aromatic heterocycles. The molecule has 0 radical (unpaired) electrons. The smallest absolute Gasteiger partial charge is 0.397 e. The molecular formula is C24H26N4O6S. The molecule has 11 heteroatoms. The Morgan fingerprint density at radius 1 is 1.20 bits per heavy atom. The summed E-state index contributed by atoms with van der Waals surface area (Å²) in [5.41, 5.74) is 3.50. The van der Waals surface area contributed by atoms with E-state index in [2.05, 4.69) is 9.97 Å².